The SMILES string of the molecule is c1ccc(-c2nn3c(-c4ccccc4)cc4c(N(c5ccccc5)c5cccc6c5-c5ccccc5C6(c5ccccc5)c5ccccc5)cccc4c3c2-c2ccccc2)cc1. The number of fused-ring (bicyclic) bond motifs is 6. The molecule has 0 saturated heterocycles. The Labute approximate surface area is 367 Å². The first-order chi connectivity index (χ1) is 31.3. The lowest BCUT2D eigenvalue weighted by molar-refractivity contribution is 0.768. The molecule has 3 nitrogen and oxygen atoms in total. The van der Waals surface area contributed by atoms with Gasteiger partial charge in [0.1, 0.15) is 5.69 Å². The van der Waals surface area contributed by atoms with Gasteiger partial charge in [0.05, 0.1) is 28.0 Å². The lowest BCUT2D eigenvalue weighted by atomic mass is 9.68. The van der Waals surface area contributed by atoms with Crippen LogP contribution in [0.4, 0.5) is 17.1 Å². The number of pyridine rings is 1. The fourth-order valence-electron chi connectivity index (χ4n) is 10.3. The van der Waals surface area contributed by atoms with Crippen LogP contribution in [0.5, 0.6) is 0 Å². The third kappa shape index (κ3) is 5.71. The summed E-state index contributed by atoms with van der Waals surface area (Å²) in [5.74, 6) is 0. The molecule has 0 N–H and O–H groups in total. The topological polar surface area (TPSA) is 20.5 Å². The summed E-state index contributed by atoms with van der Waals surface area (Å²) in [5.41, 5.74) is 17.7. The zero-order valence-electron chi connectivity index (χ0n) is 34.5. The van der Waals surface area contributed by atoms with Crippen molar-refractivity contribution >= 4 is 33.4 Å². The number of para-hydroxylation sites is 1. The number of benzene rings is 9. The van der Waals surface area contributed by atoms with E-state index in [9.17, 15) is 0 Å². The highest BCUT2D eigenvalue weighted by Gasteiger charge is 2.47. The van der Waals surface area contributed by atoms with Crippen molar-refractivity contribution in [1.29, 1.82) is 0 Å². The molecule has 2 heterocycles. The number of rotatable bonds is 8. The van der Waals surface area contributed by atoms with Crippen molar-refractivity contribution < 1.29 is 0 Å². The molecule has 11 aromatic rings. The van der Waals surface area contributed by atoms with Gasteiger partial charge in [0.2, 0.25) is 0 Å². The number of nitrogens with zero attached hydrogens (tertiary/aromatic N) is 3. The lowest BCUT2D eigenvalue weighted by Crippen LogP contribution is -2.28. The number of aromatic nitrogens is 2. The fraction of sp³-hybridized carbons (Fsp3) is 0.0167. The van der Waals surface area contributed by atoms with Crippen LogP contribution in [-0.2, 0) is 5.41 Å². The summed E-state index contributed by atoms with van der Waals surface area (Å²) in [7, 11) is 0. The first-order valence-corrected chi connectivity index (χ1v) is 21.6. The van der Waals surface area contributed by atoms with E-state index in [2.05, 4.69) is 258 Å². The Hall–Kier alpha value is -8.27. The Morgan fingerprint density at radius 3 is 1.54 bits per heavy atom. The van der Waals surface area contributed by atoms with Crippen molar-refractivity contribution in [2.75, 3.05) is 4.90 Å². The van der Waals surface area contributed by atoms with Crippen molar-refractivity contribution in [3.05, 3.63) is 271 Å². The van der Waals surface area contributed by atoms with Gasteiger partial charge < -0.3 is 4.90 Å². The predicted molar refractivity (Wildman–Crippen MR) is 261 cm³/mol. The molecule has 296 valence electrons. The van der Waals surface area contributed by atoms with Crippen molar-refractivity contribution in [1.82, 2.24) is 9.61 Å². The standard InChI is InChI=1S/C60H41N3/c1-7-23-42(24-8-1)55-41-50-48(59-56(43-25-9-2-10-26-43)58(61-63(55)59)44-27-11-3-12-28-44)36-21-39-53(50)62(47-33-17-6-18-34-47)54-40-22-38-52-57(54)49-35-19-20-37-51(49)60(52,45-29-13-4-14-30-45)46-31-15-5-16-32-46/h1-41H. The smallest absolute Gasteiger partial charge is 0.101 e. The second kappa shape index (κ2) is 15.0. The van der Waals surface area contributed by atoms with E-state index in [0.29, 0.717) is 0 Å². The van der Waals surface area contributed by atoms with Gasteiger partial charge in [-0.2, -0.15) is 5.10 Å². The third-order valence-electron chi connectivity index (χ3n) is 12.9. The molecule has 0 atom stereocenters. The summed E-state index contributed by atoms with van der Waals surface area (Å²) >= 11 is 0. The molecular formula is C60H41N3. The van der Waals surface area contributed by atoms with E-state index in [4.69, 9.17) is 5.10 Å². The van der Waals surface area contributed by atoms with Gasteiger partial charge in [-0.25, -0.2) is 4.52 Å². The number of anilines is 3. The minimum atomic E-state index is -0.533. The van der Waals surface area contributed by atoms with Gasteiger partial charge in [-0.15, -0.1) is 0 Å². The van der Waals surface area contributed by atoms with Crippen LogP contribution >= 0.6 is 0 Å². The van der Waals surface area contributed by atoms with Crippen LogP contribution in [0.3, 0.4) is 0 Å². The Morgan fingerprint density at radius 1 is 0.381 bits per heavy atom. The zero-order chi connectivity index (χ0) is 41.7. The molecule has 0 bridgehead atoms. The van der Waals surface area contributed by atoms with Crippen LogP contribution < -0.4 is 4.90 Å². The summed E-state index contributed by atoms with van der Waals surface area (Å²) < 4.78 is 2.18. The molecule has 12 rings (SSSR count). The molecule has 0 aliphatic heterocycles. The van der Waals surface area contributed by atoms with Crippen molar-refractivity contribution in [3.63, 3.8) is 0 Å². The zero-order valence-corrected chi connectivity index (χ0v) is 34.5. The quantitative estimate of drug-likeness (QED) is 0.153. The highest BCUT2D eigenvalue weighted by atomic mass is 15.2. The number of hydrogen-bond donors (Lipinski definition) is 0. The van der Waals surface area contributed by atoms with Gasteiger partial charge in [0, 0.05) is 38.7 Å². The van der Waals surface area contributed by atoms with Gasteiger partial charge in [-0.3, -0.25) is 0 Å². The Bertz CT molecular complexity index is 3380. The summed E-state index contributed by atoms with van der Waals surface area (Å²) in [4.78, 5) is 2.49. The van der Waals surface area contributed by atoms with E-state index in [1.54, 1.807) is 0 Å². The second-order valence-corrected chi connectivity index (χ2v) is 16.2. The van der Waals surface area contributed by atoms with Gasteiger partial charge in [-0.1, -0.05) is 218 Å². The molecule has 1 aliphatic carbocycles. The van der Waals surface area contributed by atoms with E-state index >= 15 is 0 Å². The van der Waals surface area contributed by atoms with Crippen LogP contribution in [0.2, 0.25) is 0 Å². The molecule has 3 heteroatoms. The van der Waals surface area contributed by atoms with E-state index in [1.807, 2.05) is 0 Å². The Morgan fingerprint density at radius 2 is 0.889 bits per heavy atom. The van der Waals surface area contributed by atoms with Gasteiger partial charge in [0.15, 0.2) is 0 Å². The molecule has 0 fully saturated rings. The maximum atomic E-state index is 5.53. The fourth-order valence-corrected chi connectivity index (χ4v) is 10.3. The molecular weight excluding hydrogens is 763 g/mol. The minimum Gasteiger partial charge on any atom is -0.309 e. The second-order valence-electron chi connectivity index (χ2n) is 16.2. The van der Waals surface area contributed by atoms with Crippen LogP contribution in [-0.4, -0.2) is 9.61 Å². The van der Waals surface area contributed by atoms with Crippen molar-refractivity contribution in [2.24, 2.45) is 0 Å². The maximum Gasteiger partial charge on any atom is 0.101 e. The summed E-state index contributed by atoms with van der Waals surface area (Å²) in [5, 5.41) is 7.78. The van der Waals surface area contributed by atoms with E-state index in [0.717, 1.165) is 67.0 Å². The van der Waals surface area contributed by atoms with Gasteiger partial charge in [-0.05, 0) is 63.7 Å². The maximum absolute atomic E-state index is 5.53. The Balaban J connectivity index is 1.21. The average molecular weight is 804 g/mol. The molecule has 0 amide bonds. The molecule has 0 spiro atoms. The van der Waals surface area contributed by atoms with Crippen molar-refractivity contribution in [3.8, 4) is 44.8 Å². The van der Waals surface area contributed by atoms with Crippen LogP contribution in [0, 0.1) is 0 Å². The molecule has 0 radical (unpaired) electrons. The molecule has 9 aromatic carbocycles. The van der Waals surface area contributed by atoms with E-state index < -0.39 is 5.41 Å². The van der Waals surface area contributed by atoms with Crippen LogP contribution in [0.1, 0.15) is 22.3 Å². The predicted octanol–water partition coefficient (Wildman–Crippen LogP) is 15.3. The molecule has 1 aliphatic rings. The molecule has 0 saturated carbocycles. The first kappa shape index (κ1) is 36.6. The van der Waals surface area contributed by atoms with Crippen LogP contribution in [0.25, 0.3) is 61.1 Å². The van der Waals surface area contributed by atoms with Crippen molar-refractivity contribution in [2.45, 2.75) is 5.41 Å². The van der Waals surface area contributed by atoms with Crippen LogP contribution in [0.15, 0.2) is 249 Å². The van der Waals surface area contributed by atoms with E-state index in [-0.39, 0.29) is 0 Å². The lowest BCUT2D eigenvalue weighted by Gasteiger charge is -2.34. The van der Waals surface area contributed by atoms with Gasteiger partial charge in [0.25, 0.3) is 0 Å². The summed E-state index contributed by atoms with van der Waals surface area (Å²) in [6.07, 6.45) is 0. The summed E-state index contributed by atoms with van der Waals surface area (Å²) in [6, 6.07) is 90.1. The normalized spacial score (nSPS) is 12.6. The average Bonchev–Trinajstić information content (AvgIpc) is 3.92. The highest BCUT2D eigenvalue weighted by Crippen LogP contribution is 2.60. The Kier molecular flexibility index (Phi) is 8.72. The van der Waals surface area contributed by atoms with Gasteiger partial charge >= 0.3 is 0 Å². The first-order valence-electron chi connectivity index (χ1n) is 21.6. The molecule has 0 unspecified atom stereocenters. The molecule has 63 heavy (non-hydrogen) atoms. The van der Waals surface area contributed by atoms with E-state index in [1.165, 1.54) is 33.4 Å². The monoisotopic (exact) mass is 803 g/mol. The highest BCUT2D eigenvalue weighted by molar-refractivity contribution is 6.14. The third-order valence-corrected chi connectivity index (χ3v) is 12.9. The largest absolute Gasteiger partial charge is 0.309 e. The minimum absolute atomic E-state index is 0.533. The summed E-state index contributed by atoms with van der Waals surface area (Å²) in [6.45, 7) is 0. The molecule has 2 aromatic heterocycles. The number of hydrogen-bond acceptors (Lipinski definition) is 2.